The van der Waals surface area contributed by atoms with Crippen molar-refractivity contribution in [2.75, 3.05) is 6.61 Å². The summed E-state index contributed by atoms with van der Waals surface area (Å²) in [5.41, 5.74) is 0.247. The predicted octanol–water partition coefficient (Wildman–Crippen LogP) is -0.321. The van der Waals surface area contributed by atoms with E-state index >= 15 is 0 Å². The van der Waals surface area contributed by atoms with Gasteiger partial charge in [-0.2, -0.15) is 0 Å². The molecule has 0 bridgehead atoms. The fraction of sp³-hybridized carbons (Fsp3) is 0.222. The Kier molecular flexibility index (Phi) is 6.06. The Bertz CT molecular complexity index is 358. The molecule has 3 N–H and O–H groups in total. The molecule has 1 atom stereocenters. The van der Waals surface area contributed by atoms with Gasteiger partial charge in [0.15, 0.2) is 6.04 Å². The molecule has 7 heteroatoms. The van der Waals surface area contributed by atoms with Crippen LogP contribution in [0.25, 0.3) is 0 Å². The van der Waals surface area contributed by atoms with Crippen molar-refractivity contribution in [1.29, 1.82) is 0 Å². The molecule has 0 aliphatic heterocycles. The molecule has 0 fully saturated rings. The van der Waals surface area contributed by atoms with E-state index in [4.69, 9.17) is 10.2 Å². The highest BCUT2D eigenvalue weighted by Crippen LogP contribution is 1.96. The quantitative estimate of drug-likeness (QED) is 0.676. The lowest BCUT2D eigenvalue weighted by molar-refractivity contribution is -0.140. The molecular weight excluding hydrogens is 236 g/mol. The van der Waals surface area contributed by atoms with E-state index in [1.807, 2.05) is 0 Å². The predicted molar refractivity (Wildman–Crippen MR) is 57.5 cm³/mol. The summed E-state index contributed by atoms with van der Waals surface area (Å²) in [5.74, 6) is -1.86. The van der Waals surface area contributed by atoms with Crippen LogP contribution in [0.4, 0.5) is 0 Å². The van der Waals surface area contributed by atoms with Crippen LogP contribution >= 0.6 is 12.4 Å². The molecule has 1 amide bonds. The lowest BCUT2D eigenvalue weighted by Crippen LogP contribution is -2.43. The first kappa shape index (κ1) is 14.3. The fourth-order valence-electron chi connectivity index (χ4n) is 0.924. The fourth-order valence-corrected chi connectivity index (χ4v) is 0.924. The van der Waals surface area contributed by atoms with Gasteiger partial charge in [-0.15, -0.1) is 12.4 Å². The number of halogens is 1. The highest BCUT2D eigenvalue weighted by atomic mass is 35.5. The van der Waals surface area contributed by atoms with Crippen molar-refractivity contribution in [2.24, 2.45) is 0 Å². The van der Waals surface area contributed by atoms with Gasteiger partial charge in [0.1, 0.15) is 0 Å². The molecule has 6 nitrogen and oxygen atoms in total. The third-order valence-corrected chi connectivity index (χ3v) is 1.71. The number of carbonyl (C=O) groups is 2. The Labute approximate surface area is 97.7 Å². The highest BCUT2D eigenvalue weighted by molar-refractivity contribution is 5.96. The zero-order valence-electron chi connectivity index (χ0n) is 8.16. The van der Waals surface area contributed by atoms with E-state index < -0.39 is 24.5 Å². The van der Waals surface area contributed by atoms with E-state index in [0.29, 0.717) is 0 Å². The van der Waals surface area contributed by atoms with Gasteiger partial charge >= 0.3 is 5.97 Å². The van der Waals surface area contributed by atoms with Crippen LogP contribution in [0.1, 0.15) is 10.4 Å². The number of rotatable bonds is 4. The average Bonchev–Trinajstić information content (AvgIpc) is 2.26. The molecule has 1 aromatic heterocycles. The van der Waals surface area contributed by atoms with E-state index in [1.165, 1.54) is 18.5 Å². The van der Waals surface area contributed by atoms with Crippen LogP contribution in [0.2, 0.25) is 0 Å². The van der Waals surface area contributed by atoms with Crippen molar-refractivity contribution in [2.45, 2.75) is 6.04 Å². The topological polar surface area (TPSA) is 99.5 Å². The third-order valence-electron chi connectivity index (χ3n) is 1.71. The molecular formula is C9H11ClN2O4. The van der Waals surface area contributed by atoms with Gasteiger partial charge in [0.25, 0.3) is 5.91 Å². The first-order valence-electron chi connectivity index (χ1n) is 4.19. The lowest BCUT2D eigenvalue weighted by atomic mass is 10.2. The largest absolute Gasteiger partial charge is 0.480 e. The standard InChI is InChI=1S/C9H10N2O4.ClH/c12-5-7(9(14)15)11-8(13)6-2-1-3-10-4-6;/h1-4,7,12H,5H2,(H,11,13)(H,14,15);1H. The van der Waals surface area contributed by atoms with Crippen LogP contribution in [0.3, 0.4) is 0 Å². The van der Waals surface area contributed by atoms with Crippen molar-refractivity contribution in [3.05, 3.63) is 30.1 Å². The second-order valence-electron chi connectivity index (χ2n) is 2.79. The monoisotopic (exact) mass is 246 g/mol. The first-order valence-corrected chi connectivity index (χ1v) is 4.19. The van der Waals surface area contributed by atoms with Crippen LogP contribution in [0.15, 0.2) is 24.5 Å². The van der Waals surface area contributed by atoms with Gasteiger partial charge < -0.3 is 15.5 Å². The summed E-state index contributed by atoms with van der Waals surface area (Å²) in [6.07, 6.45) is 2.81. The summed E-state index contributed by atoms with van der Waals surface area (Å²) in [4.78, 5) is 25.6. The molecule has 1 rings (SSSR count). The number of aromatic nitrogens is 1. The molecule has 0 radical (unpaired) electrons. The summed E-state index contributed by atoms with van der Waals surface area (Å²) >= 11 is 0. The number of nitrogens with zero attached hydrogens (tertiary/aromatic N) is 1. The number of amides is 1. The van der Waals surface area contributed by atoms with E-state index in [9.17, 15) is 9.59 Å². The highest BCUT2D eigenvalue weighted by Gasteiger charge is 2.19. The summed E-state index contributed by atoms with van der Waals surface area (Å²) in [6, 6.07) is 1.76. The van der Waals surface area contributed by atoms with Gasteiger partial charge in [-0.1, -0.05) is 0 Å². The normalized spacial score (nSPS) is 11.1. The molecule has 1 aromatic rings. The molecule has 0 spiro atoms. The molecule has 0 aliphatic rings. The number of nitrogens with one attached hydrogen (secondary N) is 1. The number of aliphatic hydroxyl groups excluding tert-OH is 1. The number of hydrogen-bond donors (Lipinski definition) is 3. The number of carboxylic acid groups (broad SMARTS) is 1. The number of pyridine rings is 1. The number of aliphatic carboxylic acids is 1. The maximum Gasteiger partial charge on any atom is 0.328 e. The molecule has 0 saturated heterocycles. The Morgan fingerprint density at radius 2 is 2.19 bits per heavy atom. The molecule has 16 heavy (non-hydrogen) atoms. The van der Waals surface area contributed by atoms with E-state index in [-0.39, 0.29) is 18.0 Å². The van der Waals surface area contributed by atoms with Gasteiger partial charge in [-0.3, -0.25) is 9.78 Å². The average molecular weight is 247 g/mol. The van der Waals surface area contributed by atoms with E-state index in [1.54, 1.807) is 6.07 Å². The second kappa shape index (κ2) is 6.76. The summed E-state index contributed by atoms with van der Waals surface area (Å²) in [6.45, 7) is -0.651. The van der Waals surface area contributed by atoms with Crippen molar-refractivity contribution < 1.29 is 19.8 Å². The maximum absolute atomic E-state index is 11.4. The summed E-state index contributed by atoms with van der Waals surface area (Å²) in [5, 5.41) is 19.4. The van der Waals surface area contributed by atoms with Gasteiger partial charge in [-0.25, -0.2) is 4.79 Å². The van der Waals surface area contributed by atoms with Gasteiger partial charge in [0.2, 0.25) is 0 Å². The van der Waals surface area contributed by atoms with Crippen LogP contribution in [0, 0.1) is 0 Å². The third kappa shape index (κ3) is 3.84. The van der Waals surface area contributed by atoms with Crippen LogP contribution < -0.4 is 5.32 Å². The van der Waals surface area contributed by atoms with Crippen molar-refractivity contribution in [3.8, 4) is 0 Å². The molecule has 88 valence electrons. The van der Waals surface area contributed by atoms with Crippen molar-refractivity contribution >= 4 is 24.3 Å². The van der Waals surface area contributed by atoms with Crippen molar-refractivity contribution in [3.63, 3.8) is 0 Å². The Morgan fingerprint density at radius 1 is 1.50 bits per heavy atom. The minimum Gasteiger partial charge on any atom is -0.480 e. The summed E-state index contributed by atoms with van der Waals surface area (Å²) < 4.78 is 0. The minimum absolute atomic E-state index is 0. The van der Waals surface area contributed by atoms with Gasteiger partial charge in [-0.05, 0) is 12.1 Å². The Morgan fingerprint density at radius 3 is 2.62 bits per heavy atom. The zero-order chi connectivity index (χ0) is 11.3. The van der Waals surface area contributed by atoms with Gasteiger partial charge in [0.05, 0.1) is 12.2 Å². The lowest BCUT2D eigenvalue weighted by Gasteiger charge is -2.10. The second-order valence-corrected chi connectivity index (χ2v) is 2.79. The number of carbonyl (C=O) groups excluding carboxylic acids is 1. The van der Waals surface area contributed by atoms with E-state index in [0.717, 1.165) is 0 Å². The molecule has 0 saturated carbocycles. The number of hydrogen-bond acceptors (Lipinski definition) is 4. The minimum atomic E-state index is -1.29. The number of aliphatic hydroxyl groups is 1. The first-order chi connectivity index (χ1) is 7.15. The van der Waals surface area contributed by atoms with Crippen molar-refractivity contribution in [1.82, 2.24) is 10.3 Å². The van der Waals surface area contributed by atoms with Crippen LogP contribution in [0.5, 0.6) is 0 Å². The molecule has 1 heterocycles. The molecule has 0 aliphatic carbocycles. The Hall–Kier alpha value is -1.66. The zero-order valence-corrected chi connectivity index (χ0v) is 8.98. The molecule has 0 aromatic carbocycles. The van der Waals surface area contributed by atoms with Crippen LogP contribution in [-0.2, 0) is 4.79 Å². The summed E-state index contributed by atoms with van der Waals surface area (Å²) in [7, 11) is 0. The SMILES string of the molecule is Cl.O=C(NC(CO)C(=O)O)c1cccnc1. The molecule has 1 unspecified atom stereocenters. The Balaban J connectivity index is 0.00000225. The van der Waals surface area contributed by atoms with E-state index in [2.05, 4.69) is 10.3 Å². The number of carboxylic acids is 1. The van der Waals surface area contributed by atoms with Gasteiger partial charge in [0, 0.05) is 12.4 Å². The van der Waals surface area contributed by atoms with Crippen LogP contribution in [-0.4, -0.2) is 39.7 Å². The smallest absolute Gasteiger partial charge is 0.328 e. The maximum atomic E-state index is 11.4.